The van der Waals surface area contributed by atoms with E-state index in [0.717, 1.165) is 36.4 Å². The highest BCUT2D eigenvalue weighted by atomic mass is 16.5. The van der Waals surface area contributed by atoms with Crippen LogP contribution in [0.5, 0.6) is 0 Å². The second kappa shape index (κ2) is 6.75. The van der Waals surface area contributed by atoms with Crippen LogP contribution in [0.15, 0.2) is 9.05 Å². The Bertz CT molecular complexity index is 702. The summed E-state index contributed by atoms with van der Waals surface area (Å²) in [6.07, 6.45) is 3.18. The van der Waals surface area contributed by atoms with E-state index in [2.05, 4.69) is 15.3 Å². The maximum Gasteiger partial charge on any atom is 0.226 e. The van der Waals surface area contributed by atoms with Crippen LogP contribution >= 0.6 is 0 Å². The van der Waals surface area contributed by atoms with Crippen LogP contribution in [0.2, 0.25) is 0 Å². The number of aryl methyl sites for hydroxylation is 3. The first-order chi connectivity index (χ1) is 11.5. The molecule has 3 heterocycles. The van der Waals surface area contributed by atoms with Crippen molar-refractivity contribution in [3.63, 3.8) is 0 Å². The summed E-state index contributed by atoms with van der Waals surface area (Å²) in [5.74, 6) is 2.02. The van der Waals surface area contributed by atoms with E-state index in [9.17, 15) is 4.79 Å². The van der Waals surface area contributed by atoms with Crippen molar-refractivity contribution in [1.82, 2.24) is 20.2 Å². The zero-order valence-electron chi connectivity index (χ0n) is 14.7. The summed E-state index contributed by atoms with van der Waals surface area (Å²) < 4.78 is 10.4. The van der Waals surface area contributed by atoms with Gasteiger partial charge < -0.3 is 13.9 Å². The lowest BCUT2D eigenvalue weighted by Gasteiger charge is -2.25. The van der Waals surface area contributed by atoms with Gasteiger partial charge in [-0.05, 0) is 33.1 Å². The van der Waals surface area contributed by atoms with Gasteiger partial charge in [0.1, 0.15) is 5.76 Å². The van der Waals surface area contributed by atoms with Gasteiger partial charge in [0.05, 0.1) is 11.7 Å². The third-order valence-electron chi connectivity index (χ3n) is 4.73. The van der Waals surface area contributed by atoms with Gasteiger partial charge in [0, 0.05) is 24.4 Å². The Morgan fingerprint density at radius 2 is 2.12 bits per heavy atom. The molecule has 2 unspecified atom stereocenters. The molecule has 1 saturated heterocycles. The first-order valence-corrected chi connectivity index (χ1v) is 8.56. The molecule has 0 N–H and O–H groups in total. The van der Waals surface area contributed by atoms with Gasteiger partial charge in [0.25, 0.3) is 0 Å². The minimum atomic E-state index is -0.139. The third kappa shape index (κ3) is 3.07. The molecule has 1 amide bonds. The SMILES string of the molecule is CCc1nc(C2CCCN2C(=O)C(C)Cc2c(C)noc2C)no1. The highest BCUT2D eigenvalue weighted by Gasteiger charge is 2.35. The molecule has 2 aromatic heterocycles. The number of nitrogens with zero attached hydrogens (tertiary/aromatic N) is 4. The molecule has 0 aromatic carbocycles. The molecule has 0 radical (unpaired) electrons. The van der Waals surface area contributed by atoms with Crippen LogP contribution in [-0.2, 0) is 17.6 Å². The first-order valence-electron chi connectivity index (χ1n) is 8.56. The van der Waals surface area contributed by atoms with Crippen LogP contribution in [0.1, 0.15) is 61.5 Å². The molecule has 7 nitrogen and oxygen atoms in total. The maximum absolute atomic E-state index is 12.9. The van der Waals surface area contributed by atoms with E-state index >= 15 is 0 Å². The molecule has 7 heteroatoms. The summed E-state index contributed by atoms with van der Waals surface area (Å²) >= 11 is 0. The predicted molar refractivity (Wildman–Crippen MR) is 86.2 cm³/mol. The van der Waals surface area contributed by atoms with E-state index in [1.165, 1.54) is 0 Å². The minimum Gasteiger partial charge on any atom is -0.361 e. The Labute approximate surface area is 141 Å². The number of hydrogen-bond acceptors (Lipinski definition) is 6. The highest BCUT2D eigenvalue weighted by Crippen LogP contribution is 2.32. The van der Waals surface area contributed by atoms with E-state index in [0.29, 0.717) is 24.6 Å². The molecule has 0 spiro atoms. The Balaban J connectivity index is 1.73. The fourth-order valence-corrected chi connectivity index (χ4v) is 3.32. The maximum atomic E-state index is 12.9. The molecular weight excluding hydrogens is 308 g/mol. The first kappa shape index (κ1) is 16.7. The minimum absolute atomic E-state index is 0.0753. The van der Waals surface area contributed by atoms with Gasteiger partial charge in [-0.25, -0.2) is 0 Å². The third-order valence-corrected chi connectivity index (χ3v) is 4.73. The molecule has 130 valence electrons. The number of likely N-dealkylation sites (tertiary alicyclic amines) is 1. The van der Waals surface area contributed by atoms with E-state index in [1.807, 2.05) is 32.6 Å². The molecule has 2 atom stereocenters. The fraction of sp³-hybridized carbons (Fsp3) is 0.647. The summed E-state index contributed by atoms with van der Waals surface area (Å²) in [7, 11) is 0. The lowest BCUT2D eigenvalue weighted by atomic mass is 9.98. The summed E-state index contributed by atoms with van der Waals surface area (Å²) in [5, 5.41) is 8.03. The number of amides is 1. The van der Waals surface area contributed by atoms with Crippen LogP contribution in [0, 0.1) is 19.8 Å². The zero-order chi connectivity index (χ0) is 17.3. The van der Waals surface area contributed by atoms with Crippen LogP contribution < -0.4 is 0 Å². The molecule has 0 bridgehead atoms. The number of carbonyl (C=O) groups excluding carboxylic acids is 1. The summed E-state index contributed by atoms with van der Waals surface area (Å²) in [6, 6.07) is -0.0753. The molecule has 24 heavy (non-hydrogen) atoms. The molecule has 1 aliphatic heterocycles. The molecule has 0 aliphatic carbocycles. The molecule has 0 saturated carbocycles. The molecule has 2 aromatic rings. The smallest absolute Gasteiger partial charge is 0.226 e. The monoisotopic (exact) mass is 332 g/mol. The van der Waals surface area contributed by atoms with Crippen molar-refractivity contribution in [3.05, 3.63) is 28.7 Å². The average Bonchev–Trinajstić information content (AvgIpc) is 3.29. The van der Waals surface area contributed by atoms with Crippen molar-refractivity contribution >= 4 is 5.91 Å². The van der Waals surface area contributed by atoms with E-state index < -0.39 is 0 Å². The quantitative estimate of drug-likeness (QED) is 0.837. The van der Waals surface area contributed by atoms with Crippen molar-refractivity contribution in [2.75, 3.05) is 6.54 Å². The standard InChI is InChI=1S/C17H24N4O3/c1-5-15-18-16(20-24-15)14-7-6-8-21(14)17(22)10(2)9-13-11(3)19-23-12(13)4/h10,14H,5-9H2,1-4H3. The van der Waals surface area contributed by atoms with Gasteiger partial charge in [-0.2, -0.15) is 4.98 Å². The second-order valence-electron chi connectivity index (χ2n) is 6.50. The molecular formula is C17H24N4O3. The van der Waals surface area contributed by atoms with Crippen molar-refractivity contribution in [1.29, 1.82) is 0 Å². The van der Waals surface area contributed by atoms with Crippen LogP contribution in [0.25, 0.3) is 0 Å². The zero-order valence-corrected chi connectivity index (χ0v) is 14.7. The van der Waals surface area contributed by atoms with Crippen molar-refractivity contribution < 1.29 is 13.8 Å². The normalized spacial score (nSPS) is 19.0. The number of hydrogen-bond donors (Lipinski definition) is 0. The van der Waals surface area contributed by atoms with Crippen molar-refractivity contribution in [3.8, 4) is 0 Å². The Morgan fingerprint density at radius 3 is 2.75 bits per heavy atom. The number of rotatable bonds is 5. The largest absolute Gasteiger partial charge is 0.361 e. The van der Waals surface area contributed by atoms with Gasteiger partial charge >= 0.3 is 0 Å². The van der Waals surface area contributed by atoms with Gasteiger partial charge in [-0.3, -0.25) is 4.79 Å². The van der Waals surface area contributed by atoms with Crippen LogP contribution in [0.4, 0.5) is 0 Å². The van der Waals surface area contributed by atoms with Crippen molar-refractivity contribution in [2.24, 2.45) is 5.92 Å². The van der Waals surface area contributed by atoms with Gasteiger partial charge in [0.2, 0.25) is 11.8 Å². The molecule has 3 rings (SSSR count). The lowest BCUT2D eigenvalue weighted by molar-refractivity contribution is -0.136. The predicted octanol–water partition coefficient (Wildman–Crippen LogP) is 2.78. The van der Waals surface area contributed by atoms with Gasteiger partial charge in [0.15, 0.2) is 5.82 Å². The Kier molecular flexibility index (Phi) is 4.69. The summed E-state index contributed by atoms with van der Waals surface area (Å²) in [4.78, 5) is 19.2. The molecule has 1 fully saturated rings. The summed E-state index contributed by atoms with van der Waals surface area (Å²) in [5.41, 5.74) is 1.88. The van der Waals surface area contributed by atoms with Crippen molar-refractivity contribution in [2.45, 2.75) is 59.4 Å². The Hall–Kier alpha value is -2.18. The van der Waals surface area contributed by atoms with Gasteiger partial charge in [-0.1, -0.05) is 24.2 Å². The average molecular weight is 332 g/mol. The van der Waals surface area contributed by atoms with Crippen LogP contribution in [0.3, 0.4) is 0 Å². The van der Waals surface area contributed by atoms with E-state index in [4.69, 9.17) is 9.05 Å². The van der Waals surface area contributed by atoms with Crippen LogP contribution in [-0.4, -0.2) is 32.6 Å². The van der Waals surface area contributed by atoms with Gasteiger partial charge in [-0.15, -0.1) is 0 Å². The fourth-order valence-electron chi connectivity index (χ4n) is 3.32. The van der Waals surface area contributed by atoms with E-state index in [1.54, 1.807) is 0 Å². The number of carbonyl (C=O) groups is 1. The molecule has 1 aliphatic rings. The highest BCUT2D eigenvalue weighted by molar-refractivity contribution is 5.79. The summed E-state index contributed by atoms with van der Waals surface area (Å²) in [6.45, 7) is 8.47. The second-order valence-corrected chi connectivity index (χ2v) is 6.50. The topological polar surface area (TPSA) is 85.3 Å². The van der Waals surface area contributed by atoms with E-state index in [-0.39, 0.29) is 17.9 Å². The number of aromatic nitrogens is 3. The lowest BCUT2D eigenvalue weighted by Crippen LogP contribution is -2.36. The Morgan fingerprint density at radius 1 is 1.33 bits per heavy atom.